The van der Waals surface area contributed by atoms with Gasteiger partial charge in [0.05, 0.1) is 23.5 Å². The quantitative estimate of drug-likeness (QED) is 0.322. The van der Waals surface area contributed by atoms with E-state index in [-0.39, 0.29) is 28.7 Å². The number of aryl methyl sites for hydroxylation is 1. The largest absolute Gasteiger partial charge is 0.463 e. The molecule has 1 fully saturated rings. The number of carbonyl (C=O) groups excluding carboxylic acids is 3. The second kappa shape index (κ2) is 7.69. The Kier molecular flexibility index (Phi) is 5.32. The monoisotopic (exact) mass is 402 g/mol. The van der Waals surface area contributed by atoms with E-state index in [1.54, 1.807) is 19.1 Å². The molecule has 28 heavy (non-hydrogen) atoms. The summed E-state index contributed by atoms with van der Waals surface area (Å²) in [6, 6.07) is 7.42. The minimum atomic E-state index is -0.666. The number of ether oxygens (including phenoxy) is 1. The SMILES string of the molecule is COC(=O)c1ccc(CN2C(=O)S/C(=C/c3ccc(C)c([N+](=O)[O-])c3)C2=O)o1. The lowest BCUT2D eigenvalue weighted by Gasteiger charge is -2.09. The molecule has 2 heterocycles. The van der Waals surface area contributed by atoms with Crippen LogP contribution in [0.15, 0.2) is 39.7 Å². The Morgan fingerprint density at radius 2 is 2.07 bits per heavy atom. The smallest absolute Gasteiger partial charge is 0.373 e. The molecule has 0 spiro atoms. The van der Waals surface area contributed by atoms with Crippen LogP contribution in [0.3, 0.4) is 0 Å². The number of methoxy groups -OCH3 is 1. The minimum Gasteiger partial charge on any atom is -0.463 e. The zero-order valence-corrected chi connectivity index (χ0v) is 15.6. The van der Waals surface area contributed by atoms with E-state index in [9.17, 15) is 24.5 Å². The molecule has 1 saturated heterocycles. The maximum atomic E-state index is 12.6. The lowest BCUT2D eigenvalue weighted by atomic mass is 10.1. The molecular formula is C18H14N2O7S. The molecule has 0 aliphatic carbocycles. The molecule has 0 unspecified atom stereocenters. The molecule has 0 atom stereocenters. The summed E-state index contributed by atoms with van der Waals surface area (Å²) in [5.41, 5.74) is 0.863. The van der Waals surface area contributed by atoms with Crippen LogP contribution in [-0.4, -0.2) is 34.0 Å². The molecule has 1 aromatic heterocycles. The van der Waals surface area contributed by atoms with Gasteiger partial charge in [-0.3, -0.25) is 24.6 Å². The molecule has 0 radical (unpaired) electrons. The normalized spacial score (nSPS) is 15.4. The van der Waals surface area contributed by atoms with Crippen LogP contribution in [0.25, 0.3) is 6.08 Å². The zero-order chi connectivity index (χ0) is 20.4. The molecule has 0 N–H and O–H groups in total. The van der Waals surface area contributed by atoms with E-state index < -0.39 is 22.0 Å². The van der Waals surface area contributed by atoms with Crippen molar-refractivity contribution < 1.29 is 28.5 Å². The lowest BCUT2D eigenvalue weighted by molar-refractivity contribution is -0.385. The van der Waals surface area contributed by atoms with E-state index in [1.807, 2.05) is 0 Å². The van der Waals surface area contributed by atoms with Gasteiger partial charge in [0, 0.05) is 11.6 Å². The van der Waals surface area contributed by atoms with Crippen LogP contribution < -0.4 is 0 Å². The van der Waals surface area contributed by atoms with Crippen LogP contribution in [0.2, 0.25) is 0 Å². The van der Waals surface area contributed by atoms with Crippen LogP contribution in [-0.2, 0) is 16.1 Å². The first kappa shape index (κ1) is 19.4. The molecule has 1 aliphatic heterocycles. The molecule has 3 rings (SSSR count). The van der Waals surface area contributed by atoms with Crippen LogP contribution in [0.1, 0.15) is 27.4 Å². The van der Waals surface area contributed by atoms with Crippen LogP contribution in [0.4, 0.5) is 10.5 Å². The fourth-order valence-electron chi connectivity index (χ4n) is 2.53. The third-order valence-corrected chi connectivity index (χ3v) is 4.87. The number of nitro benzene ring substituents is 1. The van der Waals surface area contributed by atoms with E-state index in [0.29, 0.717) is 11.1 Å². The van der Waals surface area contributed by atoms with Crippen molar-refractivity contribution in [2.45, 2.75) is 13.5 Å². The molecule has 144 valence electrons. The van der Waals surface area contributed by atoms with E-state index >= 15 is 0 Å². The van der Waals surface area contributed by atoms with Gasteiger partial charge in [-0.05, 0) is 42.5 Å². The van der Waals surface area contributed by atoms with Gasteiger partial charge in [0.1, 0.15) is 5.76 Å². The number of furan rings is 1. The van der Waals surface area contributed by atoms with Crippen molar-refractivity contribution in [3.63, 3.8) is 0 Å². The van der Waals surface area contributed by atoms with Gasteiger partial charge in [0.2, 0.25) is 5.76 Å². The molecule has 0 saturated carbocycles. The van der Waals surface area contributed by atoms with E-state index in [2.05, 4.69) is 4.74 Å². The van der Waals surface area contributed by atoms with Crippen molar-refractivity contribution >= 4 is 40.6 Å². The van der Waals surface area contributed by atoms with Gasteiger partial charge < -0.3 is 9.15 Å². The molecule has 2 amide bonds. The number of rotatable bonds is 5. The standard InChI is InChI=1S/C18H14N2O7S/c1-10-3-4-11(7-13(10)20(24)25)8-15-16(21)19(18(23)28-15)9-12-5-6-14(27-12)17(22)26-2/h3-8H,9H2,1-2H3/b15-8+. The Bertz CT molecular complexity index is 1020. The summed E-state index contributed by atoms with van der Waals surface area (Å²) in [7, 11) is 1.21. The third kappa shape index (κ3) is 3.81. The maximum absolute atomic E-state index is 12.6. The highest BCUT2D eigenvalue weighted by atomic mass is 32.2. The predicted octanol–water partition coefficient (Wildman–Crippen LogP) is 3.52. The average molecular weight is 402 g/mol. The van der Waals surface area contributed by atoms with Gasteiger partial charge in [-0.15, -0.1) is 0 Å². The van der Waals surface area contributed by atoms with Gasteiger partial charge in [-0.2, -0.15) is 0 Å². The Morgan fingerprint density at radius 1 is 1.32 bits per heavy atom. The molecule has 1 aliphatic rings. The molecule has 10 heteroatoms. The number of hydrogen-bond acceptors (Lipinski definition) is 8. The highest BCUT2D eigenvalue weighted by molar-refractivity contribution is 8.18. The van der Waals surface area contributed by atoms with Crippen molar-refractivity contribution in [1.82, 2.24) is 4.90 Å². The summed E-state index contributed by atoms with van der Waals surface area (Å²) in [4.78, 5) is 47.8. The summed E-state index contributed by atoms with van der Waals surface area (Å²) in [6.07, 6.45) is 1.43. The van der Waals surface area contributed by atoms with Gasteiger partial charge in [-0.25, -0.2) is 4.79 Å². The summed E-state index contributed by atoms with van der Waals surface area (Å²) < 4.78 is 9.82. The van der Waals surface area contributed by atoms with Crippen molar-refractivity contribution in [2.75, 3.05) is 7.11 Å². The van der Waals surface area contributed by atoms with E-state index in [1.165, 1.54) is 31.4 Å². The number of imide groups is 1. The Labute approximate surface area is 163 Å². The van der Waals surface area contributed by atoms with Crippen molar-refractivity contribution in [1.29, 1.82) is 0 Å². The number of nitrogens with zero attached hydrogens (tertiary/aromatic N) is 2. The minimum absolute atomic E-state index is 0.0352. The maximum Gasteiger partial charge on any atom is 0.373 e. The average Bonchev–Trinajstić information content (AvgIpc) is 3.23. The predicted molar refractivity (Wildman–Crippen MR) is 99.4 cm³/mol. The highest BCUT2D eigenvalue weighted by Gasteiger charge is 2.35. The number of benzene rings is 1. The Morgan fingerprint density at radius 3 is 2.75 bits per heavy atom. The van der Waals surface area contributed by atoms with Crippen LogP contribution in [0.5, 0.6) is 0 Å². The fraction of sp³-hybridized carbons (Fsp3) is 0.167. The Balaban J connectivity index is 1.81. The summed E-state index contributed by atoms with van der Waals surface area (Å²) in [6.45, 7) is 1.47. The molecule has 2 aromatic rings. The molecule has 1 aromatic carbocycles. The number of nitro groups is 1. The van der Waals surface area contributed by atoms with E-state index in [4.69, 9.17) is 4.42 Å². The molecular weight excluding hydrogens is 388 g/mol. The summed E-state index contributed by atoms with van der Waals surface area (Å²) in [5.74, 6) is -1.00. The van der Waals surface area contributed by atoms with Gasteiger partial charge >= 0.3 is 5.97 Å². The van der Waals surface area contributed by atoms with E-state index in [0.717, 1.165) is 16.7 Å². The number of amides is 2. The number of carbonyl (C=O) groups is 3. The fourth-order valence-corrected chi connectivity index (χ4v) is 3.37. The topological polar surface area (TPSA) is 120 Å². The highest BCUT2D eigenvalue weighted by Crippen LogP contribution is 2.34. The first-order valence-electron chi connectivity index (χ1n) is 7.97. The number of esters is 1. The first-order chi connectivity index (χ1) is 13.3. The third-order valence-electron chi connectivity index (χ3n) is 3.96. The number of hydrogen-bond donors (Lipinski definition) is 0. The lowest BCUT2D eigenvalue weighted by Crippen LogP contribution is -2.27. The summed E-state index contributed by atoms with van der Waals surface area (Å²) in [5, 5.41) is 10.6. The first-order valence-corrected chi connectivity index (χ1v) is 8.79. The second-order valence-corrected chi connectivity index (χ2v) is 6.82. The van der Waals surface area contributed by atoms with Crippen molar-refractivity contribution in [3.8, 4) is 0 Å². The Hall–Kier alpha value is -3.40. The summed E-state index contributed by atoms with van der Waals surface area (Å²) >= 11 is 0.727. The van der Waals surface area contributed by atoms with Gasteiger partial charge in [-0.1, -0.05) is 12.1 Å². The van der Waals surface area contributed by atoms with Crippen LogP contribution >= 0.6 is 11.8 Å². The van der Waals surface area contributed by atoms with Gasteiger partial charge in [0.15, 0.2) is 0 Å². The molecule has 0 bridgehead atoms. The van der Waals surface area contributed by atoms with Crippen molar-refractivity contribution in [3.05, 3.63) is 68.0 Å². The van der Waals surface area contributed by atoms with Crippen LogP contribution in [0, 0.1) is 17.0 Å². The van der Waals surface area contributed by atoms with Gasteiger partial charge in [0.25, 0.3) is 16.8 Å². The van der Waals surface area contributed by atoms with Crippen molar-refractivity contribution in [2.24, 2.45) is 0 Å². The zero-order valence-electron chi connectivity index (χ0n) is 14.8. The number of thioether (sulfide) groups is 1. The molecule has 9 nitrogen and oxygen atoms in total. The second-order valence-electron chi connectivity index (χ2n) is 5.83.